The first-order chi connectivity index (χ1) is 13.1. The molecule has 2 rings (SSSR count). The molecule has 1 N–H and O–H groups in total. The van der Waals surface area contributed by atoms with E-state index in [9.17, 15) is 32.9 Å². The van der Waals surface area contributed by atoms with Gasteiger partial charge in [-0.05, 0) is 19.1 Å². The number of esters is 1. The highest BCUT2D eigenvalue weighted by Gasteiger charge is 2.33. The maximum Gasteiger partial charge on any atom is 0.416 e. The molecule has 0 aliphatic carbocycles. The monoisotopic (exact) mass is 396 g/mol. The van der Waals surface area contributed by atoms with Crippen LogP contribution >= 0.6 is 0 Å². The van der Waals surface area contributed by atoms with Gasteiger partial charge in [-0.2, -0.15) is 13.2 Å². The van der Waals surface area contributed by atoms with Gasteiger partial charge in [0.2, 0.25) is 0 Å². The van der Waals surface area contributed by atoms with Crippen molar-refractivity contribution < 1.29 is 32.4 Å². The molecule has 1 atom stereocenters. The van der Waals surface area contributed by atoms with E-state index in [4.69, 9.17) is 4.74 Å². The lowest BCUT2D eigenvalue weighted by molar-refractivity contribution is -0.384. The zero-order valence-electron chi connectivity index (χ0n) is 14.5. The van der Waals surface area contributed by atoms with E-state index in [0.717, 1.165) is 6.07 Å². The van der Waals surface area contributed by atoms with E-state index >= 15 is 0 Å². The number of alkyl halides is 3. The van der Waals surface area contributed by atoms with Crippen LogP contribution in [0.25, 0.3) is 0 Å². The molecule has 0 aromatic heterocycles. The number of ether oxygens (including phenoxy) is 1. The van der Waals surface area contributed by atoms with Gasteiger partial charge < -0.3 is 10.1 Å². The fourth-order valence-corrected chi connectivity index (χ4v) is 2.24. The van der Waals surface area contributed by atoms with E-state index in [2.05, 4.69) is 5.32 Å². The minimum atomic E-state index is -4.74. The number of hydrogen-bond donors (Lipinski definition) is 1. The molecule has 0 fully saturated rings. The van der Waals surface area contributed by atoms with Crippen molar-refractivity contribution in [3.05, 3.63) is 69.8 Å². The fourth-order valence-electron chi connectivity index (χ4n) is 2.24. The van der Waals surface area contributed by atoms with Crippen molar-refractivity contribution in [2.45, 2.75) is 19.1 Å². The van der Waals surface area contributed by atoms with E-state index in [-0.39, 0.29) is 5.69 Å². The molecule has 10 heteroatoms. The lowest BCUT2D eigenvalue weighted by Gasteiger charge is -2.15. The normalized spacial score (nSPS) is 12.1. The third kappa shape index (κ3) is 5.29. The van der Waals surface area contributed by atoms with Crippen LogP contribution in [0.5, 0.6) is 0 Å². The summed E-state index contributed by atoms with van der Waals surface area (Å²) in [5.41, 5.74) is -1.96. The van der Waals surface area contributed by atoms with Crippen molar-refractivity contribution in [2.75, 3.05) is 11.9 Å². The van der Waals surface area contributed by atoms with Crippen LogP contribution in [0.2, 0.25) is 0 Å². The SMILES string of the molecule is CC(Nc1ccc(C(F)(F)F)cc1[N+](=O)[O-])C(=O)OCC(=O)c1ccccc1. The van der Waals surface area contributed by atoms with Crippen LogP contribution in [0.4, 0.5) is 24.5 Å². The Hall–Kier alpha value is -3.43. The molecule has 0 saturated carbocycles. The molecule has 0 aliphatic rings. The minimum absolute atomic E-state index is 0.281. The molecule has 7 nitrogen and oxygen atoms in total. The van der Waals surface area contributed by atoms with Gasteiger partial charge in [-0.1, -0.05) is 30.3 Å². The Bertz CT molecular complexity index is 885. The molecule has 0 amide bonds. The standard InChI is InChI=1S/C18H15F3N2O5/c1-11(17(25)28-10-16(24)12-5-3-2-4-6-12)22-14-8-7-13(18(19,20)21)9-15(14)23(26)27/h2-9,11,22H,10H2,1H3. The molecular weight excluding hydrogens is 381 g/mol. The van der Waals surface area contributed by atoms with Crippen LogP contribution in [0.15, 0.2) is 48.5 Å². The molecule has 0 bridgehead atoms. The van der Waals surface area contributed by atoms with Crippen molar-refractivity contribution in [3.8, 4) is 0 Å². The van der Waals surface area contributed by atoms with Crippen molar-refractivity contribution in [2.24, 2.45) is 0 Å². The maximum absolute atomic E-state index is 12.7. The summed E-state index contributed by atoms with van der Waals surface area (Å²) in [5, 5.41) is 13.5. The largest absolute Gasteiger partial charge is 0.456 e. The van der Waals surface area contributed by atoms with Crippen molar-refractivity contribution in [1.82, 2.24) is 0 Å². The number of hydrogen-bond acceptors (Lipinski definition) is 6. The van der Waals surface area contributed by atoms with Crippen LogP contribution in [0.3, 0.4) is 0 Å². The second-order valence-corrected chi connectivity index (χ2v) is 5.75. The first-order valence-electron chi connectivity index (χ1n) is 7.96. The average molecular weight is 396 g/mol. The second-order valence-electron chi connectivity index (χ2n) is 5.75. The van der Waals surface area contributed by atoms with E-state index < -0.39 is 46.8 Å². The molecule has 0 aliphatic heterocycles. The minimum Gasteiger partial charge on any atom is -0.456 e. The van der Waals surface area contributed by atoms with Gasteiger partial charge in [0, 0.05) is 11.6 Å². The average Bonchev–Trinajstić information content (AvgIpc) is 2.65. The number of nitro benzene ring substituents is 1. The highest BCUT2D eigenvalue weighted by atomic mass is 19.4. The Balaban J connectivity index is 2.05. The van der Waals surface area contributed by atoms with Crippen LogP contribution < -0.4 is 5.32 Å². The van der Waals surface area contributed by atoms with Gasteiger partial charge in [0.15, 0.2) is 12.4 Å². The number of Topliss-reactive ketones (excluding diaryl/α,β-unsaturated/α-hetero) is 1. The summed E-state index contributed by atoms with van der Waals surface area (Å²) in [6.07, 6.45) is -4.74. The third-order valence-corrected chi connectivity index (χ3v) is 3.69. The summed E-state index contributed by atoms with van der Waals surface area (Å²) >= 11 is 0. The first kappa shape index (κ1) is 20.9. The zero-order valence-corrected chi connectivity index (χ0v) is 14.5. The zero-order chi connectivity index (χ0) is 20.9. The molecule has 148 valence electrons. The summed E-state index contributed by atoms with van der Waals surface area (Å²) in [6.45, 7) is 0.765. The molecule has 0 spiro atoms. The highest BCUT2D eigenvalue weighted by Crippen LogP contribution is 2.35. The number of nitrogens with one attached hydrogen (secondary N) is 1. The number of halogens is 3. The molecule has 0 heterocycles. The van der Waals surface area contributed by atoms with Gasteiger partial charge in [-0.25, -0.2) is 4.79 Å². The number of carbonyl (C=O) groups excluding carboxylic acids is 2. The Kier molecular flexibility index (Phi) is 6.34. The number of nitro groups is 1. The van der Waals surface area contributed by atoms with E-state index in [0.29, 0.717) is 17.7 Å². The van der Waals surface area contributed by atoms with Crippen LogP contribution in [-0.4, -0.2) is 29.3 Å². The molecule has 1 unspecified atom stereocenters. The van der Waals surface area contributed by atoms with Gasteiger partial charge in [-0.3, -0.25) is 14.9 Å². The van der Waals surface area contributed by atoms with Gasteiger partial charge in [0.05, 0.1) is 10.5 Å². The summed E-state index contributed by atoms with van der Waals surface area (Å²) in [7, 11) is 0. The fraction of sp³-hybridized carbons (Fsp3) is 0.222. The predicted octanol–water partition coefficient (Wildman–Crippen LogP) is 3.84. The topological polar surface area (TPSA) is 98.5 Å². The smallest absolute Gasteiger partial charge is 0.416 e. The number of carbonyl (C=O) groups is 2. The lowest BCUT2D eigenvalue weighted by atomic mass is 10.1. The van der Waals surface area contributed by atoms with E-state index in [1.807, 2.05) is 0 Å². The van der Waals surface area contributed by atoms with Gasteiger partial charge >= 0.3 is 12.1 Å². The summed E-state index contributed by atoms with van der Waals surface area (Å²) in [4.78, 5) is 34.0. The Morgan fingerprint density at radius 2 is 1.82 bits per heavy atom. The van der Waals surface area contributed by atoms with Gasteiger partial charge in [0.1, 0.15) is 11.7 Å². The number of nitrogens with zero attached hydrogens (tertiary/aromatic N) is 1. The quantitative estimate of drug-likeness (QED) is 0.330. The van der Waals surface area contributed by atoms with Gasteiger partial charge in [-0.15, -0.1) is 0 Å². The first-order valence-corrected chi connectivity index (χ1v) is 7.96. The van der Waals surface area contributed by atoms with Crippen LogP contribution in [0.1, 0.15) is 22.8 Å². The Morgan fingerprint density at radius 3 is 2.39 bits per heavy atom. The lowest BCUT2D eigenvalue weighted by Crippen LogP contribution is -2.30. The van der Waals surface area contributed by atoms with Crippen LogP contribution in [0, 0.1) is 10.1 Å². The Labute approximate surface area is 157 Å². The molecule has 0 radical (unpaired) electrons. The molecular formula is C18H15F3N2O5. The molecule has 0 saturated heterocycles. The van der Waals surface area contributed by atoms with Crippen molar-refractivity contribution in [3.63, 3.8) is 0 Å². The van der Waals surface area contributed by atoms with E-state index in [1.54, 1.807) is 30.3 Å². The highest BCUT2D eigenvalue weighted by molar-refractivity contribution is 5.98. The summed E-state index contributed by atoms with van der Waals surface area (Å²) < 4.78 is 43.0. The maximum atomic E-state index is 12.7. The number of anilines is 1. The number of benzene rings is 2. The summed E-state index contributed by atoms with van der Waals surface area (Å²) in [5.74, 6) is -1.33. The van der Waals surface area contributed by atoms with Gasteiger partial charge in [0.25, 0.3) is 5.69 Å². The van der Waals surface area contributed by atoms with Crippen molar-refractivity contribution >= 4 is 23.1 Å². The van der Waals surface area contributed by atoms with E-state index in [1.165, 1.54) is 6.92 Å². The molecule has 2 aromatic rings. The van der Waals surface area contributed by atoms with Crippen molar-refractivity contribution in [1.29, 1.82) is 0 Å². The summed E-state index contributed by atoms with van der Waals surface area (Å²) in [6, 6.07) is 8.84. The predicted molar refractivity (Wildman–Crippen MR) is 92.9 cm³/mol. The molecule has 28 heavy (non-hydrogen) atoms. The number of ketones is 1. The number of rotatable bonds is 7. The Morgan fingerprint density at radius 1 is 1.18 bits per heavy atom. The third-order valence-electron chi connectivity index (χ3n) is 3.69. The van der Waals surface area contributed by atoms with Crippen LogP contribution in [-0.2, 0) is 15.7 Å². The second kappa shape index (κ2) is 8.51. The molecule has 2 aromatic carbocycles.